The molecule has 102 valence electrons. The van der Waals surface area contributed by atoms with E-state index in [0.29, 0.717) is 5.41 Å². The fraction of sp³-hybridized carbons (Fsp3) is 0.800. The number of nitrogens with one attached hydrogen (secondary N) is 1. The topological polar surface area (TPSA) is 29.9 Å². The van der Waals surface area contributed by atoms with Crippen molar-refractivity contribution in [1.29, 1.82) is 0 Å². The molecule has 0 amide bonds. The van der Waals surface area contributed by atoms with Crippen LogP contribution in [0.25, 0.3) is 0 Å². The van der Waals surface area contributed by atoms with Crippen molar-refractivity contribution in [2.75, 3.05) is 6.54 Å². The van der Waals surface area contributed by atoms with Crippen LogP contribution < -0.4 is 5.32 Å². The van der Waals surface area contributed by atoms with Gasteiger partial charge in [-0.3, -0.25) is 4.68 Å². The molecule has 0 bridgehead atoms. The van der Waals surface area contributed by atoms with Gasteiger partial charge in [0.1, 0.15) is 0 Å². The summed E-state index contributed by atoms with van der Waals surface area (Å²) in [6.45, 7) is 7.91. The summed E-state index contributed by atoms with van der Waals surface area (Å²) in [5, 5.41) is 7.93. The van der Waals surface area contributed by atoms with E-state index in [1.165, 1.54) is 37.7 Å². The van der Waals surface area contributed by atoms with Gasteiger partial charge in [0, 0.05) is 25.3 Å². The maximum absolute atomic E-state index is 4.25. The number of hydrogen-bond acceptors (Lipinski definition) is 2. The third-order valence-electron chi connectivity index (χ3n) is 4.11. The van der Waals surface area contributed by atoms with Crippen molar-refractivity contribution < 1.29 is 0 Å². The molecule has 3 heteroatoms. The first-order valence-electron chi connectivity index (χ1n) is 7.11. The Hall–Kier alpha value is -0.830. The van der Waals surface area contributed by atoms with Crippen molar-refractivity contribution in [1.82, 2.24) is 15.1 Å². The number of hydrogen-bond donors (Lipinski definition) is 1. The van der Waals surface area contributed by atoms with Crippen molar-refractivity contribution in [3.63, 3.8) is 0 Å². The van der Waals surface area contributed by atoms with Crippen LogP contribution in [0.3, 0.4) is 0 Å². The van der Waals surface area contributed by atoms with Gasteiger partial charge in [0.15, 0.2) is 0 Å². The van der Waals surface area contributed by atoms with Crippen LogP contribution in [0.2, 0.25) is 0 Å². The minimum atomic E-state index is 0.233. The minimum Gasteiger partial charge on any atom is -0.312 e. The van der Waals surface area contributed by atoms with Crippen molar-refractivity contribution in [3.8, 4) is 0 Å². The smallest absolute Gasteiger partial charge is 0.0521 e. The molecule has 1 heterocycles. The quantitative estimate of drug-likeness (QED) is 0.869. The van der Waals surface area contributed by atoms with Crippen molar-refractivity contribution in [2.24, 2.45) is 12.5 Å². The van der Waals surface area contributed by atoms with Gasteiger partial charge >= 0.3 is 0 Å². The molecular weight excluding hydrogens is 222 g/mol. The Kier molecular flexibility index (Phi) is 3.81. The largest absolute Gasteiger partial charge is 0.312 e. The van der Waals surface area contributed by atoms with Crippen LogP contribution >= 0.6 is 0 Å². The zero-order valence-electron chi connectivity index (χ0n) is 12.3. The Labute approximate surface area is 111 Å². The number of aryl methyl sites for hydroxylation is 2. The summed E-state index contributed by atoms with van der Waals surface area (Å²) < 4.78 is 1.90. The fourth-order valence-electron chi connectivity index (χ4n) is 2.66. The summed E-state index contributed by atoms with van der Waals surface area (Å²) in [6.07, 6.45) is 10.8. The lowest BCUT2D eigenvalue weighted by atomic mass is 9.65. The number of nitrogens with zero attached hydrogens (tertiary/aromatic N) is 2. The van der Waals surface area contributed by atoms with Crippen LogP contribution in [0.5, 0.6) is 0 Å². The minimum absolute atomic E-state index is 0.233. The molecule has 18 heavy (non-hydrogen) atoms. The highest BCUT2D eigenvalue weighted by Gasteiger charge is 2.36. The maximum atomic E-state index is 4.25. The van der Waals surface area contributed by atoms with Crippen molar-refractivity contribution >= 4 is 0 Å². The first-order valence-corrected chi connectivity index (χ1v) is 7.11. The third-order valence-corrected chi connectivity index (χ3v) is 4.11. The Bertz CT molecular complexity index is 383. The second-order valence-corrected chi connectivity index (χ2v) is 6.98. The van der Waals surface area contributed by atoms with Crippen LogP contribution in [0.15, 0.2) is 12.4 Å². The van der Waals surface area contributed by atoms with E-state index in [-0.39, 0.29) is 5.54 Å². The van der Waals surface area contributed by atoms with Crippen LogP contribution in [0.4, 0.5) is 0 Å². The average Bonchev–Trinajstić information content (AvgIpc) is 2.61. The molecule has 0 unspecified atom stereocenters. The lowest BCUT2D eigenvalue weighted by Gasteiger charge is -2.44. The highest BCUT2D eigenvalue weighted by atomic mass is 15.2. The van der Waals surface area contributed by atoms with Gasteiger partial charge in [-0.15, -0.1) is 0 Å². The van der Waals surface area contributed by atoms with E-state index in [0.717, 1.165) is 6.54 Å². The summed E-state index contributed by atoms with van der Waals surface area (Å²) in [7, 11) is 1.99. The van der Waals surface area contributed by atoms with E-state index in [2.05, 4.69) is 37.4 Å². The van der Waals surface area contributed by atoms with E-state index in [4.69, 9.17) is 0 Å². The molecule has 1 fully saturated rings. The molecule has 0 saturated heterocycles. The lowest BCUT2D eigenvalue weighted by molar-refractivity contribution is 0.106. The molecule has 0 spiro atoms. The van der Waals surface area contributed by atoms with Gasteiger partial charge in [-0.05, 0) is 57.4 Å². The normalized spacial score (nSPS) is 18.7. The first-order chi connectivity index (χ1) is 8.39. The Morgan fingerprint density at radius 3 is 2.56 bits per heavy atom. The van der Waals surface area contributed by atoms with Gasteiger partial charge in [-0.25, -0.2) is 0 Å². The summed E-state index contributed by atoms with van der Waals surface area (Å²) in [5.41, 5.74) is 2.15. The second kappa shape index (κ2) is 5.04. The molecule has 0 atom stereocenters. The Morgan fingerprint density at radius 1 is 1.39 bits per heavy atom. The molecule has 2 rings (SSSR count). The van der Waals surface area contributed by atoms with Crippen LogP contribution in [0.1, 0.15) is 52.0 Å². The van der Waals surface area contributed by atoms with Gasteiger partial charge in [-0.2, -0.15) is 5.10 Å². The summed E-state index contributed by atoms with van der Waals surface area (Å²) in [4.78, 5) is 0. The summed E-state index contributed by atoms with van der Waals surface area (Å²) in [6, 6.07) is 0. The van der Waals surface area contributed by atoms with Crippen LogP contribution in [-0.4, -0.2) is 21.9 Å². The van der Waals surface area contributed by atoms with E-state index in [9.17, 15) is 0 Å². The fourth-order valence-corrected chi connectivity index (χ4v) is 2.66. The van der Waals surface area contributed by atoms with Gasteiger partial charge in [0.05, 0.1) is 6.20 Å². The molecule has 1 aliphatic rings. The Balaban J connectivity index is 1.84. The van der Waals surface area contributed by atoms with E-state index in [1.54, 1.807) is 0 Å². The maximum Gasteiger partial charge on any atom is 0.0521 e. The molecule has 1 aliphatic carbocycles. The summed E-state index contributed by atoms with van der Waals surface area (Å²) >= 11 is 0. The second-order valence-electron chi connectivity index (χ2n) is 6.98. The molecule has 1 saturated carbocycles. The predicted molar refractivity (Wildman–Crippen MR) is 75.6 cm³/mol. The Morgan fingerprint density at radius 2 is 2.11 bits per heavy atom. The first kappa shape index (κ1) is 13.6. The molecular formula is C15H27N3. The number of rotatable bonds is 5. The van der Waals surface area contributed by atoms with E-state index in [1.807, 2.05) is 17.9 Å². The molecule has 0 radical (unpaired) electrons. The average molecular weight is 249 g/mol. The highest BCUT2D eigenvalue weighted by molar-refractivity contribution is 5.05. The monoisotopic (exact) mass is 249 g/mol. The van der Waals surface area contributed by atoms with Gasteiger partial charge in [0.2, 0.25) is 0 Å². The van der Waals surface area contributed by atoms with E-state index >= 15 is 0 Å². The zero-order chi connectivity index (χ0) is 13.2. The molecule has 3 nitrogen and oxygen atoms in total. The van der Waals surface area contributed by atoms with Crippen molar-refractivity contribution in [3.05, 3.63) is 18.0 Å². The molecule has 1 aromatic rings. The van der Waals surface area contributed by atoms with E-state index < -0.39 is 0 Å². The lowest BCUT2D eigenvalue weighted by Crippen LogP contribution is -2.47. The van der Waals surface area contributed by atoms with Gasteiger partial charge in [-0.1, -0.05) is 6.42 Å². The van der Waals surface area contributed by atoms with Gasteiger partial charge < -0.3 is 5.32 Å². The van der Waals surface area contributed by atoms with Crippen molar-refractivity contribution in [2.45, 2.75) is 58.4 Å². The zero-order valence-corrected chi connectivity index (χ0v) is 12.3. The highest BCUT2D eigenvalue weighted by Crippen LogP contribution is 2.44. The van der Waals surface area contributed by atoms with Crippen LogP contribution in [0, 0.1) is 5.41 Å². The number of aromatic nitrogens is 2. The molecule has 0 aromatic carbocycles. The SMILES string of the molecule is Cn1cc(CCC2(CNC(C)(C)C)CCC2)cn1. The molecule has 0 aliphatic heterocycles. The predicted octanol–water partition coefficient (Wildman–Crippen LogP) is 2.91. The molecule has 1 aromatic heterocycles. The summed E-state index contributed by atoms with van der Waals surface area (Å²) in [5.74, 6) is 0. The molecule has 1 N–H and O–H groups in total. The van der Waals surface area contributed by atoms with Gasteiger partial charge in [0.25, 0.3) is 0 Å². The van der Waals surface area contributed by atoms with Crippen LogP contribution in [-0.2, 0) is 13.5 Å². The third kappa shape index (κ3) is 3.58. The standard InChI is InChI=1S/C15H27N3/c1-14(2,3)16-12-15(7-5-8-15)9-6-13-10-17-18(4)11-13/h10-11,16H,5-9,12H2,1-4H3.